The number of hydrogen-bond acceptors (Lipinski definition) is 3. The van der Waals surface area contributed by atoms with Gasteiger partial charge in [-0.2, -0.15) is 0 Å². The summed E-state index contributed by atoms with van der Waals surface area (Å²) in [5.74, 6) is 0.479. The standard InChI is InChI=1S/C13H24N2O/c1-14-9-7-11(8-10-14)15(2)12-5-3-4-6-13(12)16/h11-12H,3-10H2,1-2H3. The molecule has 16 heavy (non-hydrogen) atoms. The van der Waals surface area contributed by atoms with Crippen molar-refractivity contribution in [3.8, 4) is 0 Å². The molecule has 3 heteroatoms. The highest BCUT2D eigenvalue weighted by Crippen LogP contribution is 2.24. The van der Waals surface area contributed by atoms with Crippen LogP contribution in [0.4, 0.5) is 0 Å². The van der Waals surface area contributed by atoms with Crippen molar-refractivity contribution in [2.45, 2.75) is 50.6 Å². The van der Waals surface area contributed by atoms with Gasteiger partial charge in [0.15, 0.2) is 0 Å². The number of ketones is 1. The molecule has 2 rings (SSSR count). The lowest BCUT2D eigenvalue weighted by Crippen LogP contribution is -2.49. The number of rotatable bonds is 2. The Bertz CT molecular complexity index is 246. The Hall–Kier alpha value is -0.410. The topological polar surface area (TPSA) is 23.6 Å². The SMILES string of the molecule is CN1CCC(N(C)C2CCCCC2=O)CC1. The average molecular weight is 224 g/mol. The monoisotopic (exact) mass is 224 g/mol. The first-order chi connectivity index (χ1) is 7.68. The summed E-state index contributed by atoms with van der Waals surface area (Å²) in [6, 6.07) is 0.852. The van der Waals surface area contributed by atoms with Crippen molar-refractivity contribution in [3.63, 3.8) is 0 Å². The Balaban J connectivity index is 1.90. The van der Waals surface area contributed by atoms with Gasteiger partial charge in [-0.05, 0) is 52.9 Å². The van der Waals surface area contributed by atoms with E-state index in [1.54, 1.807) is 0 Å². The molecule has 1 saturated heterocycles. The summed E-state index contributed by atoms with van der Waals surface area (Å²) < 4.78 is 0. The molecule has 0 aromatic rings. The molecular formula is C13H24N2O. The molecule has 1 unspecified atom stereocenters. The second-order valence-corrected chi connectivity index (χ2v) is 5.43. The third-order valence-corrected chi connectivity index (χ3v) is 4.28. The fraction of sp³-hybridized carbons (Fsp3) is 0.923. The second kappa shape index (κ2) is 5.28. The predicted molar refractivity (Wildman–Crippen MR) is 65.5 cm³/mol. The van der Waals surface area contributed by atoms with Crippen LogP contribution in [0.5, 0.6) is 0 Å². The van der Waals surface area contributed by atoms with Crippen molar-refractivity contribution >= 4 is 5.78 Å². The van der Waals surface area contributed by atoms with Crippen LogP contribution >= 0.6 is 0 Å². The third kappa shape index (κ3) is 2.64. The first kappa shape index (κ1) is 12.1. The van der Waals surface area contributed by atoms with Crippen molar-refractivity contribution in [2.75, 3.05) is 27.2 Å². The van der Waals surface area contributed by atoms with Gasteiger partial charge in [-0.25, -0.2) is 0 Å². The van der Waals surface area contributed by atoms with E-state index in [0.717, 1.165) is 19.3 Å². The molecule has 1 atom stereocenters. The zero-order valence-electron chi connectivity index (χ0n) is 10.6. The van der Waals surface area contributed by atoms with Crippen LogP contribution < -0.4 is 0 Å². The van der Waals surface area contributed by atoms with Gasteiger partial charge < -0.3 is 4.90 Å². The van der Waals surface area contributed by atoms with Crippen LogP contribution in [0.25, 0.3) is 0 Å². The Morgan fingerprint density at radius 2 is 1.88 bits per heavy atom. The number of carbonyl (C=O) groups is 1. The van der Waals surface area contributed by atoms with E-state index >= 15 is 0 Å². The number of likely N-dealkylation sites (tertiary alicyclic amines) is 1. The molecule has 3 nitrogen and oxygen atoms in total. The van der Waals surface area contributed by atoms with Crippen LogP contribution in [-0.2, 0) is 4.79 Å². The number of likely N-dealkylation sites (N-methyl/N-ethyl adjacent to an activating group) is 1. The number of carbonyl (C=O) groups excluding carboxylic acids is 1. The summed E-state index contributed by atoms with van der Waals surface area (Å²) >= 11 is 0. The largest absolute Gasteiger partial charge is 0.306 e. The molecule has 0 N–H and O–H groups in total. The van der Waals surface area contributed by atoms with Gasteiger partial charge in [-0.3, -0.25) is 9.69 Å². The van der Waals surface area contributed by atoms with Crippen LogP contribution in [0.2, 0.25) is 0 Å². The van der Waals surface area contributed by atoms with Crippen molar-refractivity contribution in [2.24, 2.45) is 0 Å². The van der Waals surface area contributed by atoms with E-state index in [1.807, 2.05) is 0 Å². The molecule has 1 aliphatic heterocycles. The lowest BCUT2D eigenvalue weighted by atomic mass is 9.91. The maximum absolute atomic E-state index is 11.9. The van der Waals surface area contributed by atoms with E-state index in [1.165, 1.54) is 32.4 Å². The minimum absolute atomic E-state index is 0.224. The van der Waals surface area contributed by atoms with Gasteiger partial charge in [0, 0.05) is 12.5 Å². The summed E-state index contributed by atoms with van der Waals surface area (Å²) in [5, 5.41) is 0. The highest BCUT2D eigenvalue weighted by atomic mass is 16.1. The number of hydrogen-bond donors (Lipinski definition) is 0. The predicted octanol–water partition coefficient (Wildman–Crippen LogP) is 1.52. The molecule has 0 aromatic heterocycles. The lowest BCUT2D eigenvalue weighted by molar-refractivity contribution is -0.126. The molecule has 1 heterocycles. The highest BCUT2D eigenvalue weighted by Gasteiger charge is 2.31. The third-order valence-electron chi connectivity index (χ3n) is 4.28. The maximum Gasteiger partial charge on any atom is 0.149 e. The number of Topliss-reactive ketones (excluding diaryl/α,β-unsaturated/α-hetero) is 1. The first-order valence-electron chi connectivity index (χ1n) is 6.61. The fourth-order valence-corrected chi connectivity index (χ4v) is 3.05. The molecule has 0 radical (unpaired) electrons. The van der Waals surface area contributed by atoms with E-state index in [2.05, 4.69) is 23.9 Å². The normalized spacial score (nSPS) is 29.9. The van der Waals surface area contributed by atoms with Crippen molar-refractivity contribution < 1.29 is 4.79 Å². The van der Waals surface area contributed by atoms with Gasteiger partial charge in [0.05, 0.1) is 6.04 Å². The summed E-state index contributed by atoms with van der Waals surface area (Å²) in [6.45, 7) is 2.35. The summed E-state index contributed by atoms with van der Waals surface area (Å²) in [6.07, 6.45) is 6.67. The van der Waals surface area contributed by atoms with E-state index in [0.29, 0.717) is 11.8 Å². The van der Waals surface area contributed by atoms with Gasteiger partial charge >= 0.3 is 0 Å². The molecule has 2 aliphatic rings. The van der Waals surface area contributed by atoms with Crippen LogP contribution in [0, 0.1) is 0 Å². The minimum atomic E-state index is 0.224. The number of piperidine rings is 1. The van der Waals surface area contributed by atoms with E-state index in [-0.39, 0.29) is 6.04 Å². The first-order valence-corrected chi connectivity index (χ1v) is 6.61. The van der Waals surface area contributed by atoms with Crippen molar-refractivity contribution in [1.29, 1.82) is 0 Å². The zero-order valence-corrected chi connectivity index (χ0v) is 10.6. The van der Waals surface area contributed by atoms with Gasteiger partial charge in [0.2, 0.25) is 0 Å². The minimum Gasteiger partial charge on any atom is -0.306 e. The summed E-state index contributed by atoms with van der Waals surface area (Å²) in [5.41, 5.74) is 0. The van der Waals surface area contributed by atoms with Crippen molar-refractivity contribution in [1.82, 2.24) is 9.80 Å². The molecule has 1 aliphatic carbocycles. The smallest absolute Gasteiger partial charge is 0.149 e. The molecule has 92 valence electrons. The van der Waals surface area contributed by atoms with Gasteiger partial charge in [-0.1, -0.05) is 6.42 Å². The van der Waals surface area contributed by atoms with E-state index in [4.69, 9.17) is 0 Å². The molecule has 0 aromatic carbocycles. The second-order valence-electron chi connectivity index (χ2n) is 5.43. The van der Waals surface area contributed by atoms with Crippen molar-refractivity contribution in [3.05, 3.63) is 0 Å². The van der Waals surface area contributed by atoms with Crippen LogP contribution in [0.3, 0.4) is 0 Å². The lowest BCUT2D eigenvalue weighted by Gasteiger charge is -2.40. The van der Waals surface area contributed by atoms with Crippen LogP contribution in [0.1, 0.15) is 38.5 Å². The molecule has 0 spiro atoms. The van der Waals surface area contributed by atoms with Crippen LogP contribution in [0.15, 0.2) is 0 Å². The van der Waals surface area contributed by atoms with E-state index in [9.17, 15) is 4.79 Å². The summed E-state index contributed by atoms with van der Waals surface area (Å²) in [7, 11) is 4.34. The van der Waals surface area contributed by atoms with Gasteiger partial charge in [0.1, 0.15) is 5.78 Å². The highest BCUT2D eigenvalue weighted by molar-refractivity contribution is 5.84. The molecular weight excluding hydrogens is 200 g/mol. The Labute approximate surface area is 98.8 Å². The Morgan fingerprint density at radius 1 is 1.19 bits per heavy atom. The molecule has 0 amide bonds. The average Bonchev–Trinajstić information content (AvgIpc) is 2.30. The molecule has 2 fully saturated rings. The van der Waals surface area contributed by atoms with Gasteiger partial charge in [0.25, 0.3) is 0 Å². The zero-order chi connectivity index (χ0) is 11.5. The summed E-state index contributed by atoms with van der Waals surface area (Å²) in [4.78, 5) is 16.6. The maximum atomic E-state index is 11.9. The molecule has 0 bridgehead atoms. The number of nitrogens with zero attached hydrogens (tertiary/aromatic N) is 2. The molecule has 1 saturated carbocycles. The Morgan fingerprint density at radius 3 is 2.50 bits per heavy atom. The Kier molecular flexibility index (Phi) is 3.98. The quantitative estimate of drug-likeness (QED) is 0.710. The van der Waals surface area contributed by atoms with E-state index < -0.39 is 0 Å². The van der Waals surface area contributed by atoms with Crippen LogP contribution in [-0.4, -0.2) is 54.9 Å². The van der Waals surface area contributed by atoms with Gasteiger partial charge in [-0.15, -0.1) is 0 Å². The fourth-order valence-electron chi connectivity index (χ4n) is 3.05.